The van der Waals surface area contributed by atoms with E-state index in [1.807, 2.05) is 6.92 Å². The molecule has 136 valence electrons. The van der Waals surface area contributed by atoms with Crippen LogP contribution >= 0.6 is 0 Å². The van der Waals surface area contributed by atoms with Crippen LogP contribution in [-0.4, -0.2) is 40.9 Å². The Kier molecular flexibility index (Phi) is 5.70. The van der Waals surface area contributed by atoms with E-state index in [2.05, 4.69) is 67.7 Å². The van der Waals surface area contributed by atoms with Gasteiger partial charge in [0, 0.05) is 0 Å². The number of cyclic esters (lactones) is 1. The zero-order chi connectivity index (χ0) is 18.4. The molecular formula is C17H36O4Si2. The molecule has 0 bridgehead atoms. The summed E-state index contributed by atoms with van der Waals surface area (Å²) in [6.45, 7) is 23.7. The molecule has 0 spiro atoms. The van der Waals surface area contributed by atoms with E-state index in [0.717, 1.165) is 0 Å². The molecule has 23 heavy (non-hydrogen) atoms. The summed E-state index contributed by atoms with van der Waals surface area (Å²) in [6, 6.07) is 0. The van der Waals surface area contributed by atoms with Crippen LogP contribution in [0.5, 0.6) is 0 Å². The maximum atomic E-state index is 12.3. The van der Waals surface area contributed by atoms with Gasteiger partial charge in [0.1, 0.15) is 12.2 Å². The Hall–Kier alpha value is -0.176. The fourth-order valence-electron chi connectivity index (χ4n) is 1.98. The molecule has 1 heterocycles. The molecule has 4 nitrogen and oxygen atoms in total. The summed E-state index contributed by atoms with van der Waals surface area (Å²) >= 11 is 0. The van der Waals surface area contributed by atoms with Gasteiger partial charge < -0.3 is 13.6 Å². The molecule has 0 aromatic rings. The van der Waals surface area contributed by atoms with Gasteiger partial charge in [-0.25, -0.2) is 4.79 Å². The Labute approximate surface area is 144 Å². The highest BCUT2D eigenvalue weighted by Gasteiger charge is 2.52. The van der Waals surface area contributed by atoms with E-state index in [9.17, 15) is 4.79 Å². The second-order valence-corrected chi connectivity index (χ2v) is 19.3. The SMILES string of the molecule is C[C@H]1OC(=O)[C@H](O[Si](C)(C)C(C)(C)C)[C@H]1O[Si](C)(C)C(C)(C)C. The number of ether oxygens (including phenoxy) is 1. The summed E-state index contributed by atoms with van der Waals surface area (Å²) in [5, 5.41) is 0.126. The lowest BCUT2D eigenvalue weighted by Crippen LogP contribution is -2.53. The molecule has 0 aromatic heterocycles. The van der Waals surface area contributed by atoms with Gasteiger partial charge in [-0.3, -0.25) is 0 Å². The van der Waals surface area contributed by atoms with Gasteiger partial charge in [0.15, 0.2) is 22.7 Å². The van der Waals surface area contributed by atoms with Gasteiger partial charge in [-0.2, -0.15) is 0 Å². The van der Waals surface area contributed by atoms with Crippen molar-refractivity contribution in [2.45, 2.75) is 103 Å². The van der Waals surface area contributed by atoms with Crippen molar-refractivity contribution in [2.75, 3.05) is 0 Å². The molecule has 0 aromatic carbocycles. The summed E-state index contributed by atoms with van der Waals surface area (Å²) < 4.78 is 18.3. The standard InChI is InChI=1S/C17H36O4Si2/c1-12-13(20-22(8,9)16(2,3)4)14(15(18)19-12)21-23(10,11)17(5,6)7/h12-14H,1-11H3/t12-,13+,14-/m1/s1. The predicted octanol–water partition coefficient (Wildman–Crippen LogP) is 4.71. The van der Waals surface area contributed by atoms with Crippen molar-refractivity contribution < 1.29 is 18.4 Å². The van der Waals surface area contributed by atoms with Gasteiger partial charge in [-0.15, -0.1) is 0 Å². The first-order valence-corrected chi connectivity index (χ1v) is 14.4. The highest BCUT2D eigenvalue weighted by Crippen LogP contribution is 2.42. The van der Waals surface area contributed by atoms with E-state index in [0.29, 0.717) is 0 Å². The Bertz CT molecular complexity index is 446. The van der Waals surface area contributed by atoms with Crippen LogP contribution in [0.3, 0.4) is 0 Å². The Morgan fingerprint density at radius 1 is 0.870 bits per heavy atom. The van der Waals surface area contributed by atoms with Crippen LogP contribution in [0.1, 0.15) is 48.5 Å². The normalized spacial score (nSPS) is 27.3. The molecule has 0 aliphatic carbocycles. The highest BCUT2D eigenvalue weighted by atomic mass is 28.4. The zero-order valence-corrected chi connectivity index (χ0v) is 18.9. The van der Waals surface area contributed by atoms with Gasteiger partial charge in [0.25, 0.3) is 0 Å². The Morgan fingerprint density at radius 3 is 1.65 bits per heavy atom. The minimum atomic E-state index is -2.07. The lowest BCUT2D eigenvalue weighted by molar-refractivity contribution is -0.146. The van der Waals surface area contributed by atoms with E-state index >= 15 is 0 Å². The molecule has 1 aliphatic rings. The zero-order valence-electron chi connectivity index (χ0n) is 16.9. The number of esters is 1. The second-order valence-electron chi connectivity index (χ2n) is 9.78. The van der Waals surface area contributed by atoms with E-state index < -0.39 is 22.7 Å². The maximum absolute atomic E-state index is 12.3. The van der Waals surface area contributed by atoms with Crippen molar-refractivity contribution in [3.8, 4) is 0 Å². The predicted molar refractivity (Wildman–Crippen MR) is 99.7 cm³/mol. The van der Waals surface area contributed by atoms with Crippen molar-refractivity contribution in [3.63, 3.8) is 0 Å². The van der Waals surface area contributed by atoms with Crippen molar-refractivity contribution in [2.24, 2.45) is 0 Å². The van der Waals surface area contributed by atoms with Crippen LogP contribution in [0.25, 0.3) is 0 Å². The Balaban J connectivity index is 3.03. The fourth-order valence-corrected chi connectivity index (χ4v) is 4.55. The molecule has 0 saturated carbocycles. The highest BCUT2D eigenvalue weighted by molar-refractivity contribution is 6.74. The smallest absolute Gasteiger partial charge is 0.337 e. The average Bonchev–Trinajstić information content (AvgIpc) is 2.52. The van der Waals surface area contributed by atoms with Crippen LogP contribution < -0.4 is 0 Å². The first-order valence-electron chi connectivity index (χ1n) is 8.56. The topological polar surface area (TPSA) is 44.8 Å². The largest absolute Gasteiger partial charge is 0.458 e. The third-order valence-electron chi connectivity index (χ3n) is 5.76. The van der Waals surface area contributed by atoms with Gasteiger partial charge in [-0.05, 0) is 43.2 Å². The molecule has 1 fully saturated rings. The number of hydrogen-bond donors (Lipinski definition) is 0. The van der Waals surface area contributed by atoms with Crippen molar-refractivity contribution in [1.82, 2.24) is 0 Å². The molecule has 0 amide bonds. The summed E-state index contributed by atoms with van der Waals surface area (Å²) in [4.78, 5) is 12.3. The Morgan fingerprint density at radius 2 is 1.26 bits per heavy atom. The molecule has 0 radical (unpaired) electrons. The molecule has 1 aliphatic heterocycles. The number of hydrogen-bond acceptors (Lipinski definition) is 4. The molecule has 6 heteroatoms. The first kappa shape index (κ1) is 20.9. The van der Waals surface area contributed by atoms with Crippen LogP contribution in [-0.2, 0) is 18.4 Å². The van der Waals surface area contributed by atoms with Crippen LogP contribution in [0, 0.1) is 0 Å². The van der Waals surface area contributed by atoms with Crippen LogP contribution in [0.4, 0.5) is 0 Å². The molecule has 0 unspecified atom stereocenters. The lowest BCUT2D eigenvalue weighted by Gasteiger charge is -2.42. The van der Waals surface area contributed by atoms with E-state index in [4.69, 9.17) is 13.6 Å². The molecule has 1 saturated heterocycles. The van der Waals surface area contributed by atoms with Crippen molar-refractivity contribution in [3.05, 3.63) is 0 Å². The van der Waals surface area contributed by atoms with E-state index in [1.165, 1.54) is 0 Å². The van der Waals surface area contributed by atoms with Gasteiger partial charge in [0.2, 0.25) is 0 Å². The number of carbonyl (C=O) groups excluding carboxylic acids is 1. The quantitative estimate of drug-likeness (QED) is 0.538. The van der Waals surface area contributed by atoms with Crippen LogP contribution in [0.2, 0.25) is 36.3 Å². The molecular weight excluding hydrogens is 324 g/mol. The second kappa shape index (κ2) is 6.28. The third-order valence-corrected chi connectivity index (χ3v) is 14.7. The maximum Gasteiger partial charge on any atom is 0.337 e. The molecule has 1 rings (SSSR count). The summed E-state index contributed by atoms with van der Waals surface area (Å²) in [5.41, 5.74) is 0. The fraction of sp³-hybridized carbons (Fsp3) is 0.941. The van der Waals surface area contributed by atoms with Crippen molar-refractivity contribution in [1.29, 1.82) is 0 Å². The van der Waals surface area contributed by atoms with E-state index in [1.54, 1.807) is 0 Å². The molecule has 0 N–H and O–H groups in total. The summed E-state index contributed by atoms with van der Waals surface area (Å²) in [6.07, 6.45) is -1.16. The average molecular weight is 361 g/mol. The first-order chi connectivity index (χ1) is 9.99. The summed E-state index contributed by atoms with van der Waals surface area (Å²) in [7, 11) is -4.07. The summed E-state index contributed by atoms with van der Waals surface area (Å²) in [5.74, 6) is -0.272. The number of rotatable bonds is 4. The number of carbonyl (C=O) groups is 1. The minimum absolute atomic E-state index is 0.0423. The van der Waals surface area contributed by atoms with Gasteiger partial charge in [-0.1, -0.05) is 41.5 Å². The molecule has 3 atom stereocenters. The van der Waals surface area contributed by atoms with Crippen LogP contribution in [0.15, 0.2) is 0 Å². The van der Waals surface area contributed by atoms with E-state index in [-0.39, 0.29) is 28.3 Å². The minimum Gasteiger partial charge on any atom is -0.458 e. The monoisotopic (exact) mass is 360 g/mol. The van der Waals surface area contributed by atoms with Crippen molar-refractivity contribution >= 4 is 22.6 Å². The van der Waals surface area contributed by atoms with Gasteiger partial charge >= 0.3 is 5.97 Å². The third kappa shape index (κ3) is 4.47. The van der Waals surface area contributed by atoms with Gasteiger partial charge in [0.05, 0.1) is 0 Å². The lowest BCUT2D eigenvalue weighted by atomic mass is 10.2.